The Morgan fingerprint density at radius 1 is 1.36 bits per heavy atom. The predicted molar refractivity (Wildman–Crippen MR) is 82.9 cm³/mol. The molecule has 1 aromatic rings. The van der Waals surface area contributed by atoms with Gasteiger partial charge in [-0.25, -0.2) is 0 Å². The van der Waals surface area contributed by atoms with Gasteiger partial charge < -0.3 is 14.8 Å². The average Bonchev–Trinajstić information content (AvgIpc) is 2.51. The molecule has 1 fully saturated rings. The number of cyclic esters (lactones) is 1. The number of hydrogen-bond acceptors (Lipinski definition) is 5. The first-order valence-electron chi connectivity index (χ1n) is 7.57. The Kier molecular flexibility index (Phi) is 5.77. The highest BCUT2D eigenvalue weighted by molar-refractivity contribution is 5.94. The number of amides is 1. The number of rotatable bonds is 6. The molecule has 1 atom stereocenters. The number of ether oxygens (including phenoxy) is 2. The molecule has 0 aromatic heterocycles. The van der Waals surface area contributed by atoms with Gasteiger partial charge in [0.15, 0.2) is 0 Å². The van der Waals surface area contributed by atoms with Crippen molar-refractivity contribution in [3.8, 4) is 5.75 Å². The van der Waals surface area contributed by atoms with Gasteiger partial charge >= 0.3 is 5.97 Å². The van der Waals surface area contributed by atoms with Crippen molar-refractivity contribution in [2.24, 2.45) is 0 Å². The molecule has 0 spiro atoms. The summed E-state index contributed by atoms with van der Waals surface area (Å²) in [7, 11) is 0. The van der Waals surface area contributed by atoms with E-state index in [0.29, 0.717) is 25.4 Å². The first-order valence-corrected chi connectivity index (χ1v) is 7.57. The Hall–Kier alpha value is -2.08. The van der Waals surface area contributed by atoms with E-state index in [1.165, 1.54) is 0 Å². The number of carbonyl (C=O) groups is 2. The van der Waals surface area contributed by atoms with Crippen molar-refractivity contribution in [2.45, 2.75) is 26.3 Å². The number of carbonyl (C=O) groups excluding carboxylic acids is 2. The minimum Gasteiger partial charge on any atom is -0.494 e. The topological polar surface area (TPSA) is 67.9 Å². The summed E-state index contributed by atoms with van der Waals surface area (Å²) in [5.41, 5.74) is 0.681. The number of nitrogens with zero attached hydrogens (tertiary/aromatic N) is 1. The van der Waals surface area contributed by atoms with Gasteiger partial charge in [-0.05, 0) is 37.7 Å². The van der Waals surface area contributed by atoms with E-state index in [9.17, 15) is 9.59 Å². The molecule has 1 N–H and O–H groups in total. The van der Waals surface area contributed by atoms with Crippen LogP contribution in [0, 0.1) is 0 Å². The van der Waals surface area contributed by atoms with Crippen LogP contribution in [0.1, 0.15) is 20.3 Å². The van der Waals surface area contributed by atoms with Crippen LogP contribution < -0.4 is 10.1 Å². The maximum absolute atomic E-state index is 12.1. The number of likely N-dealkylation sites (N-methyl/N-ethyl adjacent to an activating group) is 1. The highest BCUT2D eigenvalue weighted by Gasteiger charge is 2.32. The summed E-state index contributed by atoms with van der Waals surface area (Å²) < 4.78 is 10.4. The minimum atomic E-state index is -0.499. The second kappa shape index (κ2) is 7.79. The Balaban J connectivity index is 1.92. The van der Waals surface area contributed by atoms with Crippen LogP contribution in [0.25, 0.3) is 0 Å². The van der Waals surface area contributed by atoms with E-state index in [-0.39, 0.29) is 18.3 Å². The molecule has 0 unspecified atom stereocenters. The lowest BCUT2D eigenvalue weighted by molar-refractivity contribution is -0.158. The van der Waals surface area contributed by atoms with Crippen LogP contribution in [0.3, 0.4) is 0 Å². The van der Waals surface area contributed by atoms with E-state index in [0.717, 1.165) is 12.3 Å². The largest absolute Gasteiger partial charge is 0.494 e. The SMILES string of the molecule is CCOc1ccc(NC(=O)C[C@@H]2C(=O)OCCN2CC)cc1. The van der Waals surface area contributed by atoms with Crippen LogP contribution in [-0.4, -0.2) is 49.1 Å². The molecule has 1 aliphatic rings. The molecule has 0 bridgehead atoms. The van der Waals surface area contributed by atoms with Gasteiger partial charge in [0, 0.05) is 12.2 Å². The lowest BCUT2D eigenvalue weighted by atomic mass is 10.1. The summed E-state index contributed by atoms with van der Waals surface area (Å²) >= 11 is 0. The van der Waals surface area contributed by atoms with E-state index >= 15 is 0 Å². The number of esters is 1. The Morgan fingerprint density at radius 3 is 2.73 bits per heavy atom. The fourth-order valence-corrected chi connectivity index (χ4v) is 2.44. The molecule has 1 aromatic carbocycles. The third kappa shape index (κ3) is 4.21. The Morgan fingerprint density at radius 2 is 2.09 bits per heavy atom. The number of morpholine rings is 1. The maximum atomic E-state index is 12.1. The first kappa shape index (κ1) is 16.3. The van der Waals surface area contributed by atoms with E-state index in [1.54, 1.807) is 24.3 Å². The molecule has 22 heavy (non-hydrogen) atoms. The number of anilines is 1. The molecule has 0 radical (unpaired) electrons. The smallest absolute Gasteiger partial charge is 0.323 e. The van der Waals surface area contributed by atoms with Crippen molar-refractivity contribution in [1.82, 2.24) is 4.90 Å². The second-order valence-electron chi connectivity index (χ2n) is 5.02. The summed E-state index contributed by atoms with van der Waals surface area (Å²) in [5, 5.41) is 2.79. The molecule has 1 heterocycles. The molecule has 2 rings (SSSR count). The molecule has 1 amide bonds. The highest BCUT2D eigenvalue weighted by Crippen LogP contribution is 2.17. The summed E-state index contributed by atoms with van der Waals surface area (Å²) in [6, 6.07) is 6.65. The van der Waals surface area contributed by atoms with Crippen LogP contribution in [0.15, 0.2) is 24.3 Å². The van der Waals surface area contributed by atoms with Gasteiger partial charge in [-0.3, -0.25) is 14.5 Å². The van der Waals surface area contributed by atoms with Gasteiger partial charge in [0.25, 0.3) is 0 Å². The third-order valence-corrected chi connectivity index (χ3v) is 3.57. The standard InChI is InChI=1S/C16H22N2O4/c1-3-18-9-10-22-16(20)14(18)11-15(19)17-12-5-7-13(8-6-12)21-4-2/h5-8,14H,3-4,9-11H2,1-2H3,(H,17,19)/t14-/m1/s1. The van der Waals surface area contributed by atoms with Crippen LogP contribution in [0.2, 0.25) is 0 Å². The zero-order valence-electron chi connectivity index (χ0n) is 13.0. The number of benzene rings is 1. The van der Waals surface area contributed by atoms with Crippen molar-refractivity contribution < 1.29 is 19.1 Å². The quantitative estimate of drug-likeness (QED) is 0.810. The van der Waals surface area contributed by atoms with Crippen molar-refractivity contribution in [3.63, 3.8) is 0 Å². The van der Waals surface area contributed by atoms with Crippen LogP contribution in [0.5, 0.6) is 5.75 Å². The molecule has 1 aliphatic heterocycles. The molecule has 1 saturated heterocycles. The van der Waals surface area contributed by atoms with Crippen LogP contribution in [-0.2, 0) is 14.3 Å². The van der Waals surface area contributed by atoms with E-state index in [1.807, 2.05) is 18.7 Å². The van der Waals surface area contributed by atoms with Gasteiger partial charge in [-0.1, -0.05) is 6.92 Å². The summed E-state index contributed by atoms with van der Waals surface area (Å²) in [4.78, 5) is 25.9. The van der Waals surface area contributed by atoms with Crippen molar-refractivity contribution >= 4 is 17.6 Å². The van der Waals surface area contributed by atoms with Crippen LogP contribution >= 0.6 is 0 Å². The predicted octanol–water partition coefficient (Wildman–Crippen LogP) is 1.66. The van der Waals surface area contributed by atoms with Gasteiger partial charge in [0.2, 0.25) is 5.91 Å². The number of hydrogen-bond donors (Lipinski definition) is 1. The highest BCUT2D eigenvalue weighted by atomic mass is 16.5. The maximum Gasteiger partial charge on any atom is 0.323 e. The van der Waals surface area contributed by atoms with Crippen molar-refractivity contribution in [2.75, 3.05) is 31.6 Å². The zero-order chi connectivity index (χ0) is 15.9. The van der Waals surface area contributed by atoms with Gasteiger partial charge in [0.1, 0.15) is 18.4 Å². The summed E-state index contributed by atoms with van der Waals surface area (Å²) in [5.74, 6) is 0.231. The molecule has 6 heteroatoms. The van der Waals surface area contributed by atoms with Gasteiger partial charge in [0.05, 0.1) is 13.0 Å². The lowest BCUT2D eigenvalue weighted by Gasteiger charge is -2.32. The number of nitrogens with one attached hydrogen (secondary N) is 1. The molecule has 0 aliphatic carbocycles. The summed E-state index contributed by atoms with van der Waals surface area (Å²) in [6.45, 7) is 6.26. The monoisotopic (exact) mass is 306 g/mol. The molecule has 6 nitrogen and oxygen atoms in total. The van der Waals surface area contributed by atoms with Gasteiger partial charge in [-0.2, -0.15) is 0 Å². The van der Waals surface area contributed by atoms with Gasteiger partial charge in [-0.15, -0.1) is 0 Å². The normalized spacial score (nSPS) is 18.6. The molecule has 120 valence electrons. The Bertz CT molecular complexity index is 515. The molecule has 0 saturated carbocycles. The average molecular weight is 306 g/mol. The van der Waals surface area contributed by atoms with Crippen molar-refractivity contribution in [3.05, 3.63) is 24.3 Å². The third-order valence-electron chi connectivity index (χ3n) is 3.57. The molecular weight excluding hydrogens is 284 g/mol. The first-order chi connectivity index (χ1) is 10.6. The zero-order valence-corrected chi connectivity index (χ0v) is 13.0. The van der Waals surface area contributed by atoms with E-state index in [4.69, 9.17) is 9.47 Å². The van der Waals surface area contributed by atoms with Crippen molar-refractivity contribution in [1.29, 1.82) is 0 Å². The second-order valence-corrected chi connectivity index (χ2v) is 5.02. The fourth-order valence-electron chi connectivity index (χ4n) is 2.44. The molecular formula is C16H22N2O4. The fraction of sp³-hybridized carbons (Fsp3) is 0.500. The lowest BCUT2D eigenvalue weighted by Crippen LogP contribution is -2.50. The minimum absolute atomic E-state index is 0.0971. The van der Waals surface area contributed by atoms with E-state index < -0.39 is 6.04 Å². The van der Waals surface area contributed by atoms with E-state index in [2.05, 4.69) is 5.32 Å². The van der Waals surface area contributed by atoms with Crippen LogP contribution in [0.4, 0.5) is 5.69 Å². The Labute approximate surface area is 130 Å². The summed E-state index contributed by atoms with van der Waals surface area (Å²) in [6.07, 6.45) is 0.0971.